The van der Waals surface area contributed by atoms with E-state index < -0.39 is 0 Å². The number of fused-ring (bicyclic) bond motifs is 1. The van der Waals surface area contributed by atoms with Crippen molar-refractivity contribution in [2.24, 2.45) is 0 Å². The summed E-state index contributed by atoms with van der Waals surface area (Å²) in [6.45, 7) is 1.58. The molecule has 1 amide bonds. The van der Waals surface area contributed by atoms with Gasteiger partial charge in [-0.3, -0.25) is 9.69 Å². The average molecular weight is 497 g/mol. The van der Waals surface area contributed by atoms with E-state index in [4.69, 9.17) is 9.15 Å². The summed E-state index contributed by atoms with van der Waals surface area (Å²) >= 11 is 0. The number of carbonyl (C=O) groups excluding carboxylic acids is 1. The van der Waals surface area contributed by atoms with Crippen molar-refractivity contribution in [1.29, 1.82) is 0 Å². The van der Waals surface area contributed by atoms with Gasteiger partial charge in [0.1, 0.15) is 23.9 Å². The van der Waals surface area contributed by atoms with E-state index >= 15 is 0 Å². The van der Waals surface area contributed by atoms with Crippen LogP contribution in [0.1, 0.15) is 57.5 Å². The average Bonchev–Trinajstić information content (AvgIpc) is 3.61. The van der Waals surface area contributed by atoms with Crippen molar-refractivity contribution in [3.8, 4) is 5.75 Å². The third-order valence-corrected chi connectivity index (χ3v) is 7.07. The normalized spacial score (nSPS) is 17.3. The Balaban J connectivity index is 1.23. The van der Waals surface area contributed by atoms with Gasteiger partial charge in [-0.05, 0) is 66.3 Å². The molecular formula is C31H29FN2O3. The van der Waals surface area contributed by atoms with Crippen LogP contribution in [0.4, 0.5) is 4.39 Å². The Hall–Kier alpha value is -3.90. The second-order valence-corrected chi connectivity index (χ2v) is 9.79. The van der Waals surface area contributed by atoms with Crippen LogP contribution >= 0.6 is 0 Å². The maximum absolute atomic E-state index is 14.5. The first kappa shape index (κ1) is 23.5. The summed E-state index contributed by atoms with van der Waals surface area (Å²) in [5.41, 5.74) is 4.28. The van der Waals surface area contributed by atoms with Crippen LogP contribution in [0.25, 0.3) is 0 Å². The number of amides is 1. The van der Waals surface area contributed by atoms with E-state index in [0.717, 1.165) is 42.7 Å². The van der Waals surface area contributed by atoms with Crippen molar-refractivity contribution in [3.63, 3.8) is 0 Å². The number of hydrogen-bond acceptors (Lipinski definition) is 4. The summed E-state index contributed by atoms with van der Waals surface area (Å²) in [5.74, 6) is 1.28. The summed E-state index contributed by atoms with van der Waals surface area (Å²) in [5, 5.41) is 2.94. The lowest BCUT2D eigenvalue weighted by atomic mass is 9.87. The van der Waals surface area contributed by atoms with Crippen LogP contribution in [0.2, 0.25) is 0 Å². The molecule has 2 heterocycles. The third-order valence-electron chi connectivity index (χ3n) is 7.07. The van der Waals surface area contributed by atoms with Crippen LogP contribution in [-0.4, -0.2) is 23.4 Å². The van der Waals surface area contributed by atoms with Gasteiger partial charge in [0.25, 0.3) is 5.91 Å². The molecule has 0 bridgehead atoms. The third kappa shape index (κ3) is 5.30. The van der Waals surface area contributed by atoms with E-state index in [-0.39, 0.29) is 30.4 Å². The maximum atomic E-state index is 14.5. The summed E-state index contributed by atoms with van der Waals surface area (Å²) < 4.78 is 26.3. The molecule has 1 unspecified atom stereocenters. The number of nitrogens with one attached hydrogen (secondary N) is 1. The van der Waals surface area contributed by atoms with Gasteiger partial charge < -0.3 is 14.5 Å². The zero-order valence-electron chi connectivity index (χ0n) is 20.5. The maximum Gasteiger partial charge on any atom is 0.287 e. The number of nitrogens with zero attached hydrogens (tertiary/aromatic N) is 1. The first-order chi connectivity index (χ1) is 18.1. The lowest BCUT2D eigenvalue weighted by Crippen LogP contribution is -2.36. The minimum Gasteiger partial charge on any atom is -0.486 e. The van der Waals surface area contributed by atoms with E-state index in [9.17, 15) is 9.18 Å². The summed E-state index contributed by atoms with van der Waals surface area (Å²) in [7, 11) is 0. The molecular weight excluding hydrogens is 467 g/mol. The summed E-state index contributed by atoms with van der Waals surface area (Å²) in [6.07, 6.45) is 2.94. The predicted octanol–water partition coefficient (Wildman–Crippen LogP) is 6.04. The van der Waals surface area contributed by atoms with Crippen molar-refractivity contribution in [2.75, 3.05) is 6.54 Å². The molecule has 3 aromatic carbocycles. The Morgan fingerprint density at radius 2 is 1.81 bits per heavy atom. The molecule has 0 saturated heterocycles. The largest absolute Gasteiger partial charge is 0.486 e. The van der Waals surface area contributed by atoms with Gasteiger partial charge >= 0.3 is 0 Å². The zero-order valence-corrected chi connectivity index (χ0v) is 20.5. The quantitative estimate of drug-likeness (QED) is 0.323. The van der Waals surface area contributed by atoms with Gasteiger partial charge in [0, 0.05) is 24.7 Å². The fourth-order valence-electron chi connectivity index (χ4n) is 4.99. The Labute approximate surface area is 215 Å². The van der Waals surface area contributed by atoms with Gasteiger partial charge in [-0.1, -0.05) is 54.6 Å². The molecule has 6 rings (SSSR count). The molecule has 5 nitrogen and oxygen atoms in total. The molecule has 2 aliphatic rings. The topological polar surface area (TPSA) is 54.7 Å². The highest BCUT2D eigenvalue weighted by molar-refractivity contribution is 5.91. The zero-order chi connectivity index (χ0) is 25.2. The summed E-state index contributed by atoms with van der Waals surface area (Å²) in [6, 6.07) is 27.3. The highest BCUT2D eigenvalue weighted by Crippen LogP contribution is 2.38. The molecule has 1 atom stereocenters. The standard InChI is InChI=1S/C31H29FN2O3/c32-28-9-5-4-8-23(28)19-34-17-16-21-10-13-25(18-27(21)30(34)22-6-2-1-3-7-22)36-20-26-14-15-29(37-26)31(35)33-24-11-12-24/h1-10,13-15,18,24,30H,11-12,16-17,19-20H2,(H,33,35). The van der Waals surface area contributed by atoms with E-state index in [1.54, 1.807) is 18.2 Å². The molecule has 188 valence electrons. The van der Waals surface area contributed by atoms with E-state index in [1.165, 1.54) is 11.6 Å². The van der Waals surface area contributed by atoms with E-state index in [0.29, 0.717) is 23.6 Å². The van der Waals surface area contributed by atoms with Crippen molar-refractivity contribution in [1.82, 2.24) is 10.2 Å². The predicted molar refractivity (Wildman–Crippen MR) is 139 cm³/mol. The van der Waals surface area contributed by atoms with Crippen LogP contribution in [0.3, 0.4) is 0 Å². The minimum atomic E-state index is -0.180. The molecule has 1 aliphatic carbocycles. The Kier molecular flexibility index (Phi) is 6.49. The number of benzene rings is 3. The van der Waals surface area contributed by atoms with Gasteiger partial charge in [-0.2, -0.15) is 0 Å². The van der Waals surface area contributed by atoms with Crippen molar-refractivity contribution in [2.45, 2.75) is 44.5 Å². The molecule has 1 aliphatic heterocycles. The number of rotatable bonds is 8. The van der Waals surface area contributed by atoms with Crippen LogP contribution in [0.5, 0.6) is 5.75 Å². The number of ether oxygens (including phenoxy) is 1. The number of hydrogen-bond donors (Lipinski definition) is 1. The Bertz CT molecular complexity index is 1400. The SMILES string of the molecule is O=C(NC1CC1)c1ccc(COc2ccc3c(c2)C(c2ccccc2)N(Cc2ccccc2F)CC3)o1. The number of furan rings is 1. The Morgan fingerprint density at radius 3 is 2.62 bits per heavy atom. The fraction of sp³-hybridized carbons (Fsp3) is 0.258. The molecule has 6 heteroatoms. The fourth-order valence-corrected chi connectivity index (χ4v) is 4.99. The summed E-state index contributed by atoms with van der Waals surface area (Å²) in [4.78, 5) is 14.6. The van der Waals surface area contributed by atoms with Crippen molar-refractivity contribution in [3.05, 3.63) is 125 Å². The van der Waals surface area contributed by atoms with Crippen LogP contribution in [0.15, 0.2) is 89.3 Å². The molecule has 37 heavy (non-hydrogen) atoms. The van der Waals surface area contributed by atoms with E-state index in [2.05, 4.69) is 34.5 Å². The molecule has 0 radical (unpaired) electrons. The molecule has 0 spiro atoms. The molecule has 1 aromatic heterocycles. The van der Waals surface area contributed by atoms with Gasteiger partial charge in [-0.25, -0.2) is 4.39 Å². The lowest BCUT2D eigenvalue weighted by molar-refractivity contribution is 0.0919. The van der Waals surface area contributed by atoms with Gasteiger partial charge in [0.05, 0.1) is 6.04 Å². The first-order valence-corrected chi connectivity index (χ1v) is 12.8. The first-order valence-electron chi connectivity index (χ1n) is 12.8. The number of halogens is 1. The van der Waals surface area contributed by atoms with E-state index in [1.807, 2.05) is 36.4 Å². The van der Waals surface area contributed by atoms with Gasteiger partial charge in [0.15, 0.2) is 5.76 Å². The number of carbonyl (C=O) groups is 1. The molecule has 1 saturated carbocycles. The smallest absolute Gasteiger partial charge is 0.287 e. The van der Waals surface area contributed by atoms with Crippen LogP contribution in [-0.2, 0) is 19.6 Å². The Morgan fingerprint density at radius 1 is 1.00 bits per heavy atom. The molecule has 4 aromatic rings. The van der Waals surface area contributed by atoms with Crippen LogP contribution < -0.4 is 10.1 Å². The minimum absolute atomic E-state index is 0.0190. The second-order valence-electron chi connectivity index (χ2n) is 9.79. The monoisotopic (exact) mass is 496 g/mol. The highest BCUT2D eigenvalue weighted by Gasteiger charge is 2.30. The van der Waals surface area contributed by atoms with Gasteiger partial charge in [-0.15, -0.1) is 0 Å². The molecule has 1 fully saturated rings. The van der Waals surface area contributed by atoms with Crippen molar-refractivity contribution >= 4 is 5.91 Å². The van der Waals surface area contributed by atoms with Crippen LogP contribution in [0, 0.1) is 5.82 Å². The second kappa shape index (κ2) is 10.2. The molecule has 1 N–H and O–H groups in total. The van der Waals surface area contributed by atoms with Crippen molar-refractivity contribution < 1.29 is 18.3 Å². The lowest BCUT2D eigenvalue weighted by Gasteiger charge is -2.38. The highest BCUT2D eigenvalue weighted by atomic mass is 19.1. The van der Waals surface area contributed by atoms with Gasteiger partial charge in [0.2, 0.25) is 0 Å².